The summed E-state index contributed by atoms with van der Waals surface area (Å²) in [6, 6.07) is 10.8. The van der Waals surface area contributed by atoms with Crippen molar-refractivity contribution < 1.29 is 0 Å². The summed E-state index contributed by atoms with van der Waals surface area (Å²) in [5, 5.41) is 10.2. The number of nitrogens with zero attached hydrogens (tertiary/aromatic N) is 1. The summed E-state index contributed by atoms with van der Waals surface area (Å²) < 4.78 is 1.10. The highest BCUT2D eigenvalue weighted by Gasteiger charge is 2.08. The van der Waals surface area contributed by atoms with Gasteiger partial charge in [-0.3, -0.25) is 0 Å². The predicted octanol–water partition coefficient (Wildman–Crippen LogP) is 5.10. The summed E-state index contributed by atoms with van der Waals surface area (Å²) in [6.07, 6.45) is 2.86. The fourth-order valence-electron chi connectivity index (χ4n) is 2.33. The lowest BCUT2D eigenvalue weighted by atomic mass is 10.1. The van der Waals surface area contributed by atoms with Gasteiger partial charge in [0.1, 0.15) is 5.82 Å². The molecule has 2 heterocycles. The normalized spacial score (nSPS) is 12.5. The highest BCUT2D eigenvalue weighted by Crippen LogP contribution is 2.28. The zero-order chi connectivity index (χ0) is 13.9. The van der Waals surface area contributed by atoms with Gasteiger partial charge < -0.3 is 5.32 Å². The molecule has 1 aromatic carbocycles. The summed E-state index contributed by atoms with van der Waals surface area (Å²) in [4.78, 5) is 4.49. The van der Waals surface area contributed by atoms with Crippen LogP contribution >= 0.6 is 27.3 Å². The maximum atomic E-state index is 4.49. The van der Waals surface area contributed by atoms with Gasteiger partial charge in [0.25, 0.3) is 0 Å². The van der Waals surface area contributed by atoms with Crippen LogP contribution in [-0.4, -0.2) is 11.0 Å². The topological polar surface area (TPSA) is 24.9 Å². The van der Waals surface area contributed by atoms with Gasteiger partial charge in [-0.15, -0.1) is 0 Å². The van der Waals surface area contributed by atoms with Crippen LogP contribution in [0.5, 0.6) is 0 Å². The molecule has 1 unspecified atom stereocenters. The lowest BCUT2D eigenvalue weighted by Gasteiger charge is -2.15. The molecule has 3 aromatic rings. The van der Waals surface area contributed by atoms with Crippen LogP contribution in [0.1, 0.15) is 12.5 Å². The molecule has 0 radical (unpaired) electrons. The molecule has 1 N–H and O–H groups in total. The van der Waals surface area contributed by atoms with E-state index in [0.717, 1.165) is 22.1 Å². The molecule has 0 spiro atoms. The standard InChI is InChI=1S/C16H15BrN2S/c1-11(9-12-6-8-20-10-12)19-16-14-3-2-4-15(17)13(14)5-7-18-16/h2-8,10-11H,9H2,1H3,(H,18,19). The number of rotatable bonds is 4. The monoisotopic (exact) mass is 346 g/mol. The average molecular weight is 347 g/mol. The fourth-order valence-corrected chi connectivity index (χ4v) is 3.51. The smallest absolute Gasteiger partial charge is 0.134 e. The third-order valence-electron chi connectivity index (χ3n) is 3.26. The van der Waals surface area contributed by atoms with Crippen LogP contribution in [0.4, 0.5) is 5.82 Å². The number of nitrogens with one attached hydrogen (secondary N) is 1. The van der Waals surface area contributed by atoms with E-state index in [9.17, 15) is 0 Å². The Morgan fingerprint density at radius 3 is 2.95 bits per heavy atom. The van der Waals surface area contributed by atoms with Crippen molar-refractivity contribution in [2.24, 2.45) is 0 Å². The molecule has 0 fully saturated rings. The second kappa shape index (κ2) is 5.94. The fraction of sp³-hybridized carbons (Fsp3) is 0.188. The zero-order valence-corrected chi connectivity index (χ0v) is 13.5. The Labute approximate surface area is 131 Å². The second-order valence-electron chi connectivity index (χ2n) is 4.88. The number of fused-ring (bicyclic) bond motifs is 1. The van der Waals surface area contributed by atoms with Crippen molar-refractivity contribution in [3.8, 4) is 0 Å². The molecule has 4 heteroatoms. The lowest BCUT2D eigenvalue weighted by Crippen LogP contribution is -2.18. The highest BCUT2D eigenvalue weighted by atomic mass is 79.9. The molecule has 2 aromatic heterocycles. The summed E-state index contributed by atoms with van der Waals surface area (Å²) in [6.45, 7) is 2.19. The van der Waals surface area contributed by atoms with E-state index < -0.39 is 0 Å². The number of anilines is 1. The molecule has 0 saturated heterocycles. The van der Waals surface area contributed by atoms with E-state index in [0.29, 0.717) is 6.04 Å². The van der Waals surface area contributed by atoms with Crippen LogP contribution in [0, 0.1) is 0 Å². The third kappa shape index (κ3) is 2.86. The number of hydrogen-bond acceptors (Lipinski definition) is 3. The van der Waals surface area contributed by atoms with Crippen LogP contribution in [0.2, 0.25) is 0 Å². The Kier molecular flexibility index (Phi) is 4.03. The van der Waals surface area contributed by atoms with Gasteiger partial charge in [-0.2, -0.15) is 11.3 Å². The minimum atomic E-state index is 0.349. The van der Waals surface area contributed by atoms with E-state index in [1.54, 1.807) is 11.3 Å². The maximum Gasteiger partial charge on any atom is 0.134 e. The first-order valence-electron chi connectivity index (χ1n) is 6.55. The van der Waals surface area contributed by atoms with Gasteiger partial charge in [-0.1, -0.05) is 28.1 Å². The number of halogens is 1. The van der Waals surface area contributed by atoms with E-state index in [2.05, 4.69) is 62.1 Å². The van der Waals surface area contributed by atoms with E-state index >= 15 is 0 Å². The Morgan fingerprint density at radius 2 is 2.15 bits per heavy atom. The zero-order valence-electron chi connectivity index (χ0n) is 11.1. The van der Waals surface area contributed by atoms with Crippen molar-refractivity contribution in [2.45, 2.75) is 19.4 Å². The molecule has 0 aliphatic heterocycles. The van der Waals surface area contributed by atoms with E-state index in [1.807, 2.05) is 18.3 Å². The molecule has 0 bridgehead atoms. The molecule has 20 heavy (non-hydrogen) atoms. The van der Waals surface area contributed by atoms with Crippen LogP contribution in [0.3, 0.4) is 0 Å². The predicted molar refractivity (Wildman–Crippen MR) is 90.6 cm³/mol. The van der Waals surface area contributed by atoms with Gasteiger partial charge in [-0.25, -0.2) is 4.98 Å². The first-order chi connectivity index (χ1) is 9.74. The number of benzene rings is 1. The van der Waals surface area contributed by atoms with Crippen molar-refractivity contribution in [3.05, 3.63) is 57.3 Å². The Hall–Kier alpha value is -1.39. The number of pyridine rings is 1. The van der Waals surface area contributed by atoms with Gasteiger partial charge in [0, 0.05) is 27.5 Å². The largest absolute Gasteiger partial charge is 0.367 e. The van der Waals surface area contributed by atoms with Crippen LogP contribution in [0.15, 0.2) is 51.8 Å². The number of hydrogen-bond donors (Lipinski definition) is 1. The van der Waals surface area contributed by atoms with Crippen LogP contribution in [-0.2, 0) is 6.42 Å². The number of thiophene rings is 1. The number of aromatic nitrogens is 1. The molecule has 102 valence electrons. The molecular formula is C16H15BrN2S. The summed E-state index contributed by atoms with van der Waals surface area (Å²) in [5.74, 6) is 0.950. The van der Waals surface area contributed by atoms with Gasteiger partial charge >= 0.3 is 0 Å². The molecule has 0 aliphatic rings. The first kappa shape index (κ1) is 13.6. The van der Waals surface area contributed by atoms with Crippen molar-refractivity contribution in [1.82, 2.24) is 4.98 Å². The highest BCUT2D eigenvalue weighted by molar-refractivity contribution is 9.10. The van der Waals surface area contributed by atoms with Crippen molar-refractivity contribution in [3.63, 3.8) is 0 Å². The summed E-state index contributed by atoms with van der Waals surface area (Å²) in [7, 11) is 0. The Bertz CT molecular complexity index is 710. The molecule has 2 nitrogen and oxygen atoms in total. The maximum absolute atomic E-state index is 4.49. The molecule has 3 rings (SSSR count). The van der Waals surface area contributed by atoms with E-state index in [4.69, 9.17) is 0 Å². The molecule has 0 saturated carbocycles. The molecular weight excluding hydrogens is 332 g/mol. The Balaban J connectivity index is 1.85. The molecule has 0 amide bonds. The van der Waals surface area contributed by atoms with E-state index in [1.165, 1.54) is 10.9 Å². The minimum absolute atomic E-state index is 0.349. The second-order valence-corrected chi connectivity index (χ2v) is 6.51. The van der Waals surface area contributed by atoms with Crippen LogP contribution < -0.4 is 5.32 Å². The van der Waals surface area contributed by atoms with Gasteiger partial charge in [0.2, 0.25) is 0 Å². The molecule has 0 aliphatic carbocycles. The van der Waals surface area contributed by atoms with Gasteiger partial charge in [0.15, 0.2) is 0 Å². The third-order valence-corrected chi connectivity index (χ3v) is 4.68. The lowest BCUT2D eigenvalue weighted by molar-refractivity contribution is 0.788. The Morgan fingerprint density at radius 1 is 1.25 bits per heavy atom. The van der Waals surface area contributed by atoms with E-state index in [-0.39, 0.29) is 0 Å². The average Bonchev–Trinajstić information content (AvgIpc) is 2.93. The summed E-state index contributed by atoms with van der Waals surface area (Å²) >= 11 is 5.33. The van der Waals surface area contributed by atoms with Gasteiger partial charge in [-0.05, 0) is 47.9 Å². The molecule has 1 atom stereocenters. The van der Waals surface area contributed by atoms with Crippen molar-refractivity contribution >= 4 is 43.9 Å². The first-order valence-corrected chi connectivity index (χ1v) is 8.28. The summed E-state index contributed by atoms with van der Waals surface area (Å²) in [5.41, 5.74) is 1.37. The van der Waals surface area contributed by atoms with Gasteiger partial charge in [0.05, 0.1) is 0 Å². The SMILES string of the molecule is CC(Cc1ccsc1)Nc1nccc2c(Br)cccc12. The quantitative estimate of drug-likeness (QED) is 0.710. The minimum Gasteiger partial charge on any atom is -0.367 e. The van der Waals surface area contributed by atoms with Crippen LogP contribution in [0.25, 0.3) is 10.8 Å². The van der Waals surface area contributed by atoms with Crippen molar-refractivity contribution in [2.75, 3.05) is 5.32 Å². The van der Waals surface area contributed by atoms with Crippen molar-refractivity contribution in [1.29, 1.82) is 0 Å².